The molecule has 0 aliphatic carbocycles. The highest BCUT2D eigenvalue weighted by atomic mass is 16.6. The maximum atomic E-state index is 11.9. The van der Waals surface area contributed by atoms with Crippen LogP contribution in [0.3, 0.4) is 0 Å². The normalized spacial score (nSPS) is 20.3. The van der Waals surface area contributed by atoms with E-state index < -0.39 is 6.09 Å². The van der Waals surface area contributed by atoms with Crippen molar-refractivity contribution in [2.75, 3.05) is 13.2 Å². The van der Waals surface area contributed by atoms with E-state index in [4.69, 9.17) is 4.74 Å². The van der Waals surface area contributed by atoms with Crippen LogP contribution in [0, 0.1) is 12.0 Å². The van der Waals surface area contributed by atoms with Gasteiger partial charge in [0.2, 0.25) is 11.8 Å². The first kappa shape index (κ1) is 17.0. The number of ether oxygens (including phenoxy) is 1. The number of cyclic esters (lactones) is 1. The Morgan fingerprint density at radius 1 is 1.08 bits per heavy atom. The number of carbonyl (C=O) groups is 3. The molecule has 2 saturated heterocycles. The van der Waals surface area contributed by atoms with E-state index in [1.807, 2.05) is 30.3 Å². The van der Waals surface area contributed by atoms with Gasteiger partial charge in [-0.2, -0.15) is 0 Å². The number of carbonyl (C=O) groups excluding carboxylic acids is 3. The SMILES string of the molecule is O=C1CCCC(=O)N1CCCC#CN1C(=O)OC[C@H]1c1ccccc1. The van der Waals surface area contributed by atoms with Crippen molar-refractivity contribution in [3.63, 3.8) is 0 Å². The zero-order chi connectivity index (χ0) is 17.6. The van der Waals surface area contributed by atoms with Crippen molar-refractivity contribution in [1.29, 1.82) is 0 Å². The van der Waals surface area contributed by atoms with Gasteiger partial charge in [0.25, 0.3) is 0 Å². The van der Waals surface area contributed by atoms with Gasteiger partial charge in [0.05, 0.1) is 0 Å². The number of rotatable bonds is 4. The van der Waals surface area contributed by atoms with Crippen molar-refractivity contribution < 1.29 is 19.1 Å². The molecule has 0 radical (unpaired) electrons. The number of unbranched alkanes of at least 4 members (excludes halogenated alkanes) is 1. The molecule has 1 atom stereocenters. The summed E-state index contributed by atoms with van der Waals surface area (Å²) < 4.78 is 5.10. The van der Waals surface area contributed by atoms with Gasteiger partial charge >= 0.3 is 6.09 Å². The van der Waals surface area contributed by atoms with Crippen LogP contribution in [0.2, 0.25) is 0 Å². The van der Waals surface area contributed by atoms with E-state index in [1.54, 1.807) is 0 Å². The lowest BCUT2D eigenvalue weighted by Gasteiger charge is -2.24. The second-order valence-electron chi connectivity index (χ2n) is 6.06. The van der Waals surface area contributed by atoms with Crippen molar-refractivity contribution in [2.45, 2.75) is 38.1 Å². The van der Waals surface area contributed by atoms with Crippen molar-refractivity contribution in [1.82, 2.24) is 9.80 Å². The van der Waals surface area contributed by atoms with Crippen molar-refractivity contribution >= 4 is 17.9 Å². The average molecular weight is 340 g/mol. The molecule has 2 heterocycles. The Bertz CT molecular complexity index is 704. The molecule has 0 bridgehead atoms. The van der Waals surface area contributed by atoms with E-state index >= 15 is 0 Å². The van der Waals surface area contributed by atoms with E-state index in [0.29, 0.717) is 38.6 Å². The number of amides is 3. The van der Waals surface area contributed by atoms with Crippen LogP contribution in [0.4, 0.5) is 4.79 Å². The van der Waals surface area contributed by atoms with Crippen molar-refractivity contribution in [3.05, 3.63) is 35.9 Å². The minimum Gasteiger partial charge on any atom is -0.446 e. The first-order chi connectivity index (χ1) is 12.2. The minimum absolute atomic E-state index is 0.100. The Hall–Kier alpha value is -2.81. The van der Waals surface area contributed by atoms with Crippen LogP contribution >= 0.6 is 0 Å². The van der Waals surface area contributed by atoms with E-state index in [2.05, 4.69) is 12.0 Å². The molecule has 0 unspecified atom stereocenters. The third-order valence-corrected chi connectivity index (χ3v) is 4.32. The van der Waals surface area contributed by atoms with Gasteiger partial charge in [0, 0.05) is 31.9 Å². The fraction of sp³-hybridized carbons (Fsp3) is 0.421. The summed E-state index contributed by atoms with van der Waals surface area (Å²) in [5.74, 6) is 2.75. The lowest BCUT2D eigenvalue weighted by atomic mass is 10.1. The molecule has 1 aromatic carbocycles. The van der Waals surface area contributed by atoms with E-state index in [-0.39, 0.29) is 24.5 Å². The third-order valence-electron chi connectivity index (χ3n) is 4.32. The molecule has 2 fully saturated rings. The molecule has 0 N–H and O–H groups in total. The van der Waals surface area contributed by atoms with E-state index in [1.165, 1.54) is 9.80 Å². The van der Waals surface area contributed by atoms with Crippen LogP contribution in [0.1, 0.15) is 43.7 Å². The topological polar surface area (TPSA) is 66.9 Å². The van der Waals surface area contributed by atoms with Crippen LogP contribution in [0.25, 0.3) is 0 Å². The summed E-state index contributed by atoms with van der Waals surface area (Å²) in [6.07, 6.45) is 2.19. The molecule has 130 valence electrons. The van der Waals surface area contributed by atoms with Crippen LogP contribution < -0.4 is 0 Å². The van der Waals surface area contributed by atoms with Gasteiger partial charge < -0.3 is 4.74 Å². The summed E-state index contributed by atoms with van der Waals surface area (Å²) in [6.45, 7) is 0.674. The van der Waals surface area contributed by atoms with Crippen LogP contribution in [-0.2, 0) is 14.3 Å². The predicted octanol–water partition coefficient (Wildman–Crippen LogP) is 2.46. The van der Waals surface area contributed by atoms with Gasteiger partial charge in [-0.25, -0.2) is 9.69 Å². The second-order valence-corrected chi connectivity index (χ2v) is 6.06. The number of piperidine rings is 1. The van der Waals surface area contributed by atoms with Gasteiger partial charge in [-0.3, -0.25) is 14.5 Å². The molecule has 0 spiro atoms. The van der Waals surface area contributed by atoms with E-state index in [9.17, 15) is 14.4 Å². The van der Waals surface area contributed by atoms with Gasteiger partial charge in [0.1, 0.15) is 12.6 Å². The maximum absolute atomic E-state index is 11.9. The smallest absolute Gasteiger partial charge is 0.422 e. The minimum atomic E-state index is -0.442. The van der Waals surface area contributed by atoms with Crippen molar-refractivity contribution in [3.8, 4) is 12.0 Å². The summed E-state index contributed by atoms with van der Waals surface area (Å²) in [6, 6.07) is 12.3. The Labute approximate surface area is 146 Å². The van der Waals surface area contributed by atoms with Crippen LogP contribution in [-0.4, -0.2) is 40.9 Å². The number of benzene rings is 1. The molecule has 6 heteroatoms. The molecular formula is C19H20N2O4. The third kappa shape index (κ3) is 4.00. The predicted molar refractivity (Wildman–Crippen MR) is 90.0 cm³/mol. The quantitative estimate of drug-likeness (QED) is 0.480. The number of nitrogens with zero attached hydrogens (tertiary/aromatic N) is 2. The molecule has 3 amide bonds. The zero-order valence-corrected chi connectivity index (χ0v) is 13.9. The van der Waals surface area contributed by atoms with Gasteiger partial charge in [0.15, 0.2) is 0 Å². The molecule has 6 nitrogen and oxygen atoms in total. The fourth-order valence-electron chi connectivity index (χ4n) is 2.98. The van der Waals surface area contributed by atoms with E-state index in [0.717, 1.165) is 5.56 Å². The molecule has 2 aliphatic heterocycles. The van der Waals surface area contributed by atoms with Crippen molar-refractivity contribution in [2.24, 2.45) is 0 Å². The number of hydrogen-bond donors (Lipinski definition) is 0. The number of imide groups is 1. The van der Waals surface area contributed by atoms with Crippen LogP contribution in [0.5, 0.6) is 0 Å². The Kier molecular flexibility index (Phi) is 5.34. The molecule has 0 saturated carbocycles. The second kappa shape index (κ2) is 7.84. The van der Waals surface area contributed by atoms with Gasteiger partial charge in [-0.05, 0) is 18.4 Å². The molecule has 0 aromatic heterocycles. The maximum Gasteiger partial charge on any atom is 0.422 e. The highest BCUT2D eigenvalue weighted by Gasteiger charge is 2.33. The van der Waals surface area contributed by atoms with Gasteiger partial charge in [-0.1, -0.05) is 36.3 Å². The first-order valence-corrected chi connectivity index (χ1v) is 8.49. The standard InChI is InChI=1S/C19H20N2O4/c22-17-10-7-11-18(23)21(17)13-6-2-5-12-20-16(14-25-19(20)24)15-8-3-1-4-9-15/h1,3-4,8-9,16H,2,6-7,10-11,13-14H2/t16-/m0/s1. The molecular weight excluding hydrogens is 320 g/mol. The Balaban J connectivity index is 1.54. The largest absolute Gasteiger partial charge is 0.446 e. The summed E-state index contributed by atoms with van der Waals surface area (Å²) in [4.78, 5) is 38.0. The summed E-state index contributed by atoms with van der Waals surface area (Å²) in [5.41, 5.74) is 0.979. The highest BCUT2D eigenvalue weighted by molar-refractivity contribution is 5.97. The first-order valence-electron chi connectivity index (χ1n) is 8.49. The lowest BCUT2D eigenvalue weighted by molar-refractivity contribution is -0.147. The average Bonchev–Trinajstić information content (AvgIpc) is 2.98. The number of likely N-dealkylation sites (tertiary alicyclic amines) is 1. The number of hydrogen-bond acceptors (Lipinski definition) is 4. The Morgan fingerprint density at radius 2 is 1.80 bits per heavy atom. The summed E-state index contributed by atoms with van der Waals surface area (Å²) >= 11 is 0. The molecule has 1 aromatic rings. The summed E-state index contributed by atoms with van der Waals surface area (Å²) in [7, 11) is 0. The lowest BCUT2D eigenvalue weighted by Crippen LogP contribution is -2.40. The summed E-state index contributed by atoms with van der Waals surface area (Å²) in [5, 5.41) is 0. The monoisotopic (exact) mass is 340 g/mol. The highest BCUT2D eigenvalue weighted by Crippen LogP contribution is 2.26. The zero-order valence-electron chi connectivity index (χ0n) is 13.9. The molecule has 2 aliphatic rings. The molecule has 3 rings (SSSR count). The fourth-order valence-corrected chi connectivity index (χ4v) is 2.98. The van der Waals surface area contributed by atoms with Gasteiger partial charge in [-0.15, -0.1) is 0 Å². The van der Waals surface area contributed by atoms with Crippen LogP contribution in [0.15, 0.2) is 30.3 Å². The Morgan fingerprint density at radius 3 is 2.52 bits per heavy atom. The molecule has 25 heavy (non-hydrogen) atoms.